The van der Waals surface area contributed by atoms with Crippen LogP contribution in [0.25, 0.3) is 0 Å². The van der Waals surface area contributed by atoms with Gasteiger partial charge in [-0.2, -0.15) is 0 Å². The Bertz CT molecular complexity index is 274. The third kappa shape index (κ3) is 4.71. The fourth-order valence-electron chi connectivity index (χ4n) is 3.82. The minimum absolute atomic E-state index is 0.176. The van der Waals surface area contributed by atoms with Gasteiger partial charge in [-0.15, -0.1) is 0 Å². The molecule has 0 aromatic rings. The van der Waals surface area contributed by atoms with Crippen molar-refractivity contribution in [3.8, 4) is 0 Å². The standard InChI is InChI=1S/C17H34N2O/c1-13(2)10-18-16-9-15(14(3)20)11-19(12-16)17-7-5-4-6-8-17/h13-18,20H,4-12H2,1-3H3. The summed E-state index contributed by atoms with van der Waals surface area (Å²) in [4.78, 5) is 2.68. The first-order chi connectivity index (χ1) is 9.56. The highest BCUT2D eigenvalue weighted by atomic mass is 16.3. The number of nitrogens with zero attached hydrogens (tertiary/aromatic N) is 1. The number of hydrogen-bond acceptors (Lipinski definition) is 3. The molecule has 3 atom stereocenters. The van der Waals surface area contributed by atoms with Crippen molar-refractivity contribution in [2.75, 3.05) is 19.6 Å². The summed E-state index contributed by atoms with van der Waals surface area (Å²) in [6.45, 7) is 9.87. The Hall–Kier alpha value is -0.120. The van der Waals surface area contributed by atoms with Crippen molar-refractivity contribution >= 4 is 0 Å². The molecule has 0 bridgehead atoms. The second-order valence-electron chi connectivity index (χ2n) is 7.48. The van der Waals surface area contributed by atoms with E-state index in [-0.39, 0.29) is 6.10 Å². The molecule has 0 amide bonds. The highest BCUT2D eigenvalue weighted by Gasteiger charge is 2.33. The van der Waals surface area contributed by atoms with E-state index < -0.39 is 0 Å². The van der Waals surface area contributed by atoms with E-state index in [9.17, 15) is 5.11 Å². The van der Waals surface area contributed by atoms with Crippen LogP contribution in [0.1, 0.15) is 59.3 Å². The fourth-order valence-corrected chi connectivity index (χ4v) is 3.82. The molecule has 0 aromatic heterocycles. The van der Waals surface area contributed by atoms with Crippen molar-refractivity contribution < 1.29 is 5.11 Å². The summed E-state index contributed by atoms with van der Waals surface area (Å²) in [7, 11) is 0. The van der Waals surface area contributed by atoms with Crippen molar-refractivity contribution in [3.63, 3.8) is 0 Å². The first-order valence-electron chi connectivity index (χ1n) is 8.71. The smallest absolute Gasteiger partial charge is 0.0553 e. The highest BCUT2D eigenvalue weighted by Crippen LogP contribution is 2.28. The van der Waals surface area contributed by atoms with Crippen molar-refractivity contribution in [1.82, 2.24) is 10.2 Å². The minimum Gasteiger partial charge on any atom is -0.393 e. The van der Waals surface area contributed by atoms with Crippen LogP contribution in [0.15, 0.2) is 0 Å². The van der Waals surface area contributed by atoms with Gasteiger partial charge in [0.25, 0.3) is 0 Å². The van der Waals surface area contributed by atoms with Crippen LogP contribution >= 0.6 is 0 Å². The van der Waals surface area contributed by atoms with Crippen LogP contribution in [-0.4, -0.2) is 47.8 Å². The molecule has 0 spiro atoms. The quantitative estimate of drug-likeness (QED) is 0.814. The molecule has 2 fully saturated rings. The lowest BCUT2D eigenvalue weighted by molar-refractivity contribution is 0.0204. The average Bonchev–Trinajstić information content (AvgIpc) is 2.45. The molecule has 2 N–H and O–H groups in total. The number of aliphatic hydroxyl groups excluding tert-OH is 1. The van der Waals surface area contributed by atoms with Gasteiger partial charge in [0.2, 0.25) is 0 Å². The molecule has 0 aromatic carbocycles. The first-order valence-corrected chi connectivity index (χ1v) is 8.71. The van der Waals surface area contributed by atoms with Gasteiger partial charge in [-0.25, -0.2) is 0 Å². The van der Waals surface area contributed by atoms with E-state index in [0.717, 1.165) is 25.6 Å². The molecule has 20 heavy (non-hydrogen) atoms. The number of likely N-dealkylation sites (tertiary alicyclic amines) is 1. The molecule has 118 valence electrons. The zero-order chi connectivity index (χ0) is 14.5. The van der Waals surface area contributed by atoms with Crippen LogP contribution in [0.3, 0.4) is 0 Å². The number of piperidine rings is 1. The van der Waals surface area contributed by atoms with Gasteiger partial charge in [-0.3, -0.25) is 4.90 Å². The number of rotatable bonds is 5. The number of hydrogen-bond donors (Lipinski definition) is 2. The molecule has 1 aliphatic carbocycles. The van der Waals surface area contributed by atoms with E-state index >= 15 is 0 Å². The molecule has 1 heterocycles. The topological polar surface area (TPSA) is 35.5 Å². The molecule has 3 unspecified atom stereocenters. The van der Waals surface area contributed by atoms with Gasteiger partial charge in [-0.05, 0) is 44.6 Å². The van der Waals surface area contributed by atoms with Gasteiger partial charge in [0, 0.05) is 25.2 Å². The molecular weight excluding hydrogens is 248 g/mol. The summed E-state index contributed by atoms with van der Waals surface area (Å²) in [6, 6.07) is 1.33. The normalized spacial score (nSPS) is 31.6. The summed E-state index contributed by atoms with van der Waals surface area (Å²) < 4.78 is 0. The van der Waals surface area contributed by atoms with Crippen molar-refractivity contribution in [2.45, 2.75) is 77.5 Å². The van der Waals surface area contributed by atoms with Gasteiger partial charge in [-0.1, -0.05) is 33.1 Å². The third-order valence-electron chi connectivity index (χ3n) is 5.10. The van der Waals surface area contributed by atoms with Gasteiger partial charge in [0.15, 0.2) is 0 Å². The number of aliphatic hydroxyl groups is 1. The maximum absolute atomic E-state index is 10.0. The predicted molar refractivity (Wildman–Crippen MR) is 84.9 cm³/mol. The Kier molecular flexibility index (Phi) is 6.31. The van der Waals surface area contributed by atoms with Crippen molar-refractivity contribution in [3.05, 3.63) is 0 Å². The van der Waals surface area contributed by atoms with Crippen LogP contribution in [0.5, 0.6) is 0 Å². The average molecular weight is 282 g/mol. The second-order valence-corrected chi connectivity index (χ2v) is 7.48. The maximum Gasteiger partial charge on any atom is 0.0553 e. The molecule has 1 aliphatic heterocycles. The molecule has 2 rings (SSSR count). The van der Waals surface area contributed by atoms with Crippen molar-refractivity contribution in [2.24, 2.45) is 11.8 Å². The summed E-state index contributed by atoms with van der Waals surface area (Å²) in [5, 5.41) is 13.8. The zero-order valence-electron chi connectivity index (χ0n) is 13.6. The summed E-state index contributed by atoms with van der Waals surface area (Å²) in [5.41, 5.74) is 0. The SMILES string of the molecule is CC(C)CNC1CC(C(C)O)CN(C2CCCCC2)C1. The maximum atomic E-state index is 10.0. The van der Waals surface area contributed by atoms with E-state index in [0.29, 0.717) is 17.9 Å². The molecule has 3 heteroatoms. The lowest BCUT2D eigenvalue weighted by atomic mass is 9.86. The van der Waals surface area contributed by atoms with Crippen LogP contribution in [0.4, 0.5) is 0 Å². The monoisotopic (exact) mass is 282 g/mol. The van der Waals surface area contributed by atoms with E-state index in [1.165, 1.54) is 38.6 Å². The molecule has 0 radical (unpaired) electrons. The lowest BCUT2D eigenvalue weighted by Crippen LogP contribution is -2.55. The first kappa shape index (κ1) is 16.3. The molecule has 1 saturated heterocycles. The Balaban J connectivity index is 1.92. The van der Waals surface area contributed by atoms with Crippen molar-refractivity contribution in [1.29, 1.82) is 0 Å². The zero-order valence-corrected chi connectivity index (χ0v) is 13.6. The largest absolute Gasteiger partial charge is 0.393 e. The molecular formula is C17H34N2O. The Morgan fingerprint density at radius 3 is 2.40 bits per heavy atom. The summed E-state index contributed by atoms with van der Waals surface area (Å²) >= 11 is 0. The minimum atomic E-state index is -0.176. The van der Waals surface area contributed by atoms with Gasteiger partial charge >= 0.3 is 0 Å². The van der Waals surface area contributed by atoms with E-state index in [1.807, 2.05) is 6.92 Å². The van der Waals surface area contributed by atoms with Crippen LogP contribution in [-0.2, 0) is 0 Å². The Morgan fingerprint density at radius 1 is 1.10 bits per heavy atom. The van der Waals surface area contributed by atoms with Crippen LogP contribution in [0.2, 0.25) is 0 Å². The Morgan fingerprint density at radius 2 is 1.80 bits per heavy atom. The van der Waals surface area contributed by atoms with E-state index in [2.05, 4.69) is 24.1 Å². The van der Waals surface area contributed by atoms with Gasteiger partial charge in [0.1, 0.15) is 0 Å². The van der Waals surface area contributed by atoms with Crippen LogP contribution in [0, 0.1) is 11.8 Å². The molecule has 2 aliphatic rings. The summed E-state index contributed by atoms with van der Waals surface area (Å²) in [5.74, 6) is 1.14. The van der Waals surface area contributed by atoms with E-state index in [4.69, 9.17) is 0 Å². The lowest BCUT2D eigenvalue weighted by Gasteiger charge is -2.44. The second kappa shape index (κ2) is 7.77. The molecule has 3 nitrogen and oxygen atoms in total. The van der Waals surface area contributed by atoms with Crippen LogP contribution < -0.4 is 5.32 Å². The van der Waals surface area contributed by atoms with Gasteiger partial charge < -0.3 is 10.4 Å². The fraction of sp³-hybridized carbons (Fsp3) is 1.00. The predicted octanol–water partition coefficient (Wildman–Crippen LogP) is 2.64. The summed E-state index contributed by atoms with van der Waals surface area (Å²) in [6.07, 6.45) is 7.89. The highest BCUT2D eigenvalue weighted by molar-refractivity contribution is 4.89. The molecule has 1 saturated carbocycles. The van der Waals surface area contributed by atoms with Gasteiger partial charge in [0.05, 0.1) is 6.10 Å². The number of nitrogens with one attached hydrogen (secondary N) is 1. The Labute approximate surface area is 125 Å². The third-order valence-corrected chi connectivity index (χ3v) is 5.10. The van der Waals surface area contributed by atoms with E-state index in [1.54, 1.807) is 0 Å².